The van der Waals surface area contributed by atoms with Crippen LogP contribution < -0.4 is 0 Å². The standard InChI is InChI=1S/C20H15N9/c1-2-20-22-9-17(28(20)11-13(1)15-5-23-24-6-15)12-29-19-3-14(16-7-25-26-8-16)4-21-18(19)10-27-29/h1-11H,12H2,(H,23,24)(H,25,26). The molecular formula is C20H15N9. The van der Waals surface area contributed by atoms with Gasteiger partial charge in [-0.05, 0) is 18.2 Å². The van der Waals surface area contributed by atoms with E-state index in [9.17, 15) is 0 Å². The van der Waals surface area contributed by atoms with Crippen LogP contribution in [-0.4, -0.2) is 44.5 Å². The highest BCUT2D eigenvalue weighted by Gasteiger charge is 2.11. The number of aromatic nitrogens is 9. The summed E-state index contributed by atoms with van der Waals surface area (Å²) < 4.78 is 4.03. The first-order valence-corrected chi connectivity index (χ1v) is 9.11. The van der Waals surface area contributed by atoms with E-state index in [2.05, 4.69) is 52.1 Å². The monoisotopic (exact) mass is 381 g/mol. The average Bonchev–Trinajstić information content (AvgIpc) is 3.55. The van der Waals surface area contributed by atoms with Gasteiger partial charge in [-0.2, -0.15) is 15.3 Å². The van der Waals surface area contributed by atoms with E-state index in [-0.39, 0.29) is 0 Å². The predicted molar refractivity (Wildman–Crippen MR) is 107 cm³/mol. The normalized spacial score (nSPS) is 11.6. The molecule has 0 aromatic carbocycles. The maximum absolute atomic E-state index is 4.55. The van der Waals surface area contributed by atoms with Crippen LogP contribution in [0.4, 0.5) is 0 Å². The van der Waals surface area contributed by atoms with Crippen LogP contribution in [0, 0.1) is 0 Å². The maximum atomic E-state index is 4.55. The lowest BCUT2D eigenvalue weighted by atomic mass is 10.1. The molecule has 0 aliphatic carbocycles. The van der Waals surface area contributed by atoms with Crippen molar-refractivity contribution in [2.45, 2.75) is 6.54 Å². The number of nitrogens with zero attached hydrogens (tertiary/aromatic N) is 7. The molecule has 9 nitrogen and oxygen atoms in total. The van der Waals surface area contributed by atoms with Gasteiger partial charge in [-0.15, -0.1) is 0 Å². The van der Waals surface area contributed by atoms with Gasteiger partial charge in [0.15, 0.2) is 0 Å². The van der Waals surface area contributed by atoms with Crippen LogP contribution in [0.1, 0.15) is 5.69 Å². The van der Waals surface area contributed by atoms with Crippen molar-refractivity contribution in [3.05, 3.63) is 73.5 Å². The van der Waals surface area contributed by atoms with Gasteiger partial charge in [-0.25, -0.2) is 4.98 Å². The van der Waals surface area contributed by atoms with Crippen molar-refractivity contribution in [1.82, 2.24) is 44.5 Å². The third-order valence-electron chi connectivity index (χ3n) is 5.05. The molecule has 6 aromatic heterocycles. The predicted octanol–water partition coefficient (Wildman–Crippen LogP) is 2.91. The highest BCUT2D eigenvalue weighted by molar-refractivity contribution is 5.80. The first-order valence-electron chi connectivity index (χ1n) is 9.11. The summed E-state index contributed by atoms with van der Waals surface area (Å²) >= 11 is 0. The molecular weight excluding hydrogens is 366 g/mol. The van der Waals surface area contributed by atoms with E-state index < -0.39 is 0 Å². The fourth-order valence-electron chi connectivity index (χ4n) is 3.53. The summed E-state index contributed by atoms with van der Waals surface area (Å²) in [5, 5.41) is 18.3. The van der Waals surface area contributed by atoms with Crippen molar-refractivity contribution in [1.29, 1.82) is 0 Å². The molecule has 0 spiro atoms. The molecule has 0 amide bonds. The van der Waals surface area contributed by atoms with Crippen LogP contribution in [-0.2, 0) is 6.54 Å². The lowest BCUT2D eigenvalue weighted by molar-refractivity contribution is 0.692. The Balaban J connectivity index is 1.42. The van der Waals surface area contributed by atoms with Crippen molar-refractivity contribution in [2.24, 2.45) is 0 Å². The van der Waals surface area contributed by atoms with E-state index in [1.54, 1.807) is 12.4 Å². The molecule has 0 bridgehead atoms. The van der Waals surface area contributed by atoms with Gasteiger partial charge in [0.05, 0.1) is 42.5 Å². The zero-order chi connectivity index (χ0) is 19.2. The number of aromatic amines is 2. The lowest BCUT2D eigenvalue weighted by Crippen LogP contribution is -2.04. The second-order valence-electron chi connectivity index (χ2n) is 6.80. The number of pyridine rings is 2. The topological polar surface area (TPSA) is 105 Å². The van der Waals surface area contributed by atoms with E-state index in [0.29, 0.717) is 6.54 Å². The quantitative estimate of drug-likeness (QED) is 0.488. The average molecular weight is 381 g/mol. The van der Waals surface area contributed by atoms with Crippen molar-refractivity contribution in [3.63, 3.8) is 0 Å². The first-order chi connectivity index (χ1) is 14.3. The van der Waals surface area contributed by atoms with Crippen LogP contribution in [0.3, 0.4) is 0 Å². The molecule has 9 heteroatoms. The Morgan fingerprint density at radius 1 is 0.793 bits per heavy atom. The molecule has 2 N–H and O–H groups in total. The Labute approximate surface area is 164 Å². The van der Waals surface area contributed by atoms with Gasteiger partial charge in [0, 0.05) is 47.0 Å². The Kier molecular flexibility index (Phi) is 3.33. The van der Waals surface area contributed by atoms with Gasteiger partial charge in [-0.3, -0.25) is 19.9 Å². The third-order valence-corrected chi connectivity index (χ3v) is 5.05. The number of imidazole rings is 1. The van der Waals surface area contributed by atoms with E-state index in [0.717, 1.165) is 44.6 Å². The molecule has 6 heterocycles. The number of fused-ring (bicyclic) bond motifs is 2. The molecule has 0 unspecified atom stereocenters. The van der Waals surface area contributed by atoms with E-state index in [1.165, 1.54) is 0 Å². The molecule has 0 atom stereocenters. The Bertz CT molecular complexity index is 1310. The molecule has 0 fully saturated rings. The van der Waals surface area contributed by atoms with Gasteiger partial charge >= 0.3 is 0 Å². The van der Waals surface area contributed by atoms with E-state index in [1.807, 2.05) is 47.8 Å². The highest BCUT2D eigenvalue weighted by Crippen LogP contribution is 2.23. The zero-order valence-corrected chi connectivity index (χ0v) is 15.2. The first kappa shape index (κ1) is 15.8. The number of nitrogens with one attached hydrogen (secondary N) is 2. The summed E-state index contributed by atoms with van der Waals surface area (Å²) in [6.07, 6.45) is 14.9. The third kappa shape index (κ3) is 2.59. The summed E-state index contributed by atoms with van der Waals surface area (Å²) in [6, 6.07) is 6.13. The van der Waals surface area contributed by atoms with Crippen molar-refractivity contribution in [2.75, 3.05) is 0 Å². The molecule has 140 valence electrons. The van der Waals surface area contributed by atoms with Crippen LogP contribution in [0.15, 0.2) is 67.8 Å². The molecule has 6 rings (SSSR count). The van der Waals surface area contributed by atoms with Crippen LogP contribution >= 0.6 is 0 Å². The lowest BCUT2D eigenvalue weighted by Gasteiger charge is -2.06. The SMILES string of the molecule is c1cc2ncc(Cn3ncc4ncc(-c5cn[nH]c5)cc43)n2cc1-c1cn[nH]c1. The van der Waals surface area contributed by atoms with Gasteiger partial charge < -0.3 is 4.40 Å². The summed E-state index contributed by atoms with van der Waals surface area (Å²) in [4.78, 5) is 9.07. The van der Waals surface area contributed by atoms with Gasteiger partial charge in [0.25, 0.3) is 0 Å². The van der Waals surface area contributed by atoms with Crippen LogP contribution in [0.5, 0.6) is 0 Å². The van der Waals surface area contributed by atoms with E-state index in [4.69, 9.17) is 0 Å². The molecule has 29 heavy (non-hydrogen) atoms. The number of H-pyrrole nitrogens is 2. The van der Waals surface area contributed by atoms with Crippen molar-refractivity contribution < 1.29 is 0 Å². The summed E-state index contributed by atoms with van der Waals surface area (Å²) in [5.74, 6) is 0. The molecule has 0 aliphatic rings. The van der Waals surface area contributed by atoms with Crippen LogP contribution in [0.25, 0.3) is 38.9 Å². The molecule has 0 aliphatic heterocycles. The Morgan fingerprint density at radius 3 is 2.41 bits per heavy atom. The largest absolute Gasteiger partial charge is 0.302 e. The van der Waals surface area contributed by atoms with Crippen molar-refractivity contribution >= 4 is 16.7 Å². The summed E-state index contributed by atoms with van der Waals surface area (Å²) in [5.41, 5.74) is 7.82. The molecule has 0 saturated carbocycles. The highest BCUT2D eigenvalue weighted by atomic mass is 15.3. The fraction of sp³-hybridized carbons (Fsp3) is 0.0500. The minimum absolute atomic E-state index is 0.579. The van der Waals surface area contributed by atoms with Gasteiger partial charge in [0.1, 0.15) is 11.2 Å². The van der Waals surface area contributed by atoms with Crippen molar-refractivity contribution in [3.8, 4) is 22.3 Å². The summed E-state index contributed by atoms with van der Waals surface area (Å²) in [7, 11) is 0. The second-order valence-corrected chi connectivity index (χ2v) is 6.80. The molecule has 0 saturated heterocycles. The molecule has 6 aromatic rings. The smallest absolute Gasteiger partial charge is 0.136 e. The zero-order valence-electron chi connectivity index (χ0n) is 15.2. The maximum Gasteiger partial charge on any atom is 0.136 e. The molecule has 0 radical (unpaired) electrons. The minimum Gasteiger partial charge on any atom is -0.302 e. The number of hydrogen-bond donors (Lipinski definition) is 2. The fourth-order valence-corrected chi connectivity index (χ4v) is 3.53. The van der Waals surface area contributed by atoms with E-state index >= 15 is 0 Å². The van der Waals surface area contributed by atoms with Gasteiger partial charge in [-0.1, -0.05) is 0 Å². The second kappa shape index (κ2) is 6.13. The minimum atomic E-state index is 0.579. The van der Waals surface area contributed by atoms with Gasteiger partial charge in [0.2, 0.25) is 0 Å². The number of hydrogen-bond acceptors (Lipinski definition) is 5. The Hall–Kier alpha value is -4.27. The summed E-state index contributed by atoms with van der Waals surface area (Å²) in [6.45, 7) is 0.579. The Morgan fingerprint density at radius 2 is 1.62 bits per heavy atom. The number of rotatable bonds is 4. The van der Waals surface area contributed by atoms with Crippen LogP contribution in [0.2, 0.25) is 0 Å².